The van der Waals surface area contributed by atoms with Crippen molar-refractivity contribution in [3.05, 3.63) is 0 Å². The number of urea groups is 1. The first-order valence-electron chi connectivity index (χ1n) is 11.4. The van der Waals surface area contributed by atoms with Gasteiger partial charge in [-0.3, -0.25) is 0 Å². The Kier molecular flexibility index (Phi) is 4.20. The number of nitrogens with zero attached hydrogens (tertiary/aromatic N) is 2. The van der Waals surface area contributed by atoms with Gasteiger partial charge in [0, 0.05) is 50.9 Å². The summed E-state index contributed by atoms with van der Waals surface area (Å²) in [6.45, 7) is 3.00. The number of rotatable bonds is 0. The third kappa shape index (κ3) is 2.73. The fourth-order valence-corrected chi connectivity index (χ4v) is 6.91. The molecule has 156 valence electrons. The van der Waals surface area contributed by atoms with E-state index in [1.807, 2.05) is 9.80 Å². The summed E-state index contributed by atoms with van der Waals surface area (Å²) in [4.78, 5) is 40.8. The molecule has 2 amide bonds. The van der Waals surface area contributed by atoms with Crippen molar-refractivity contribution in [2.75, 3.05) is 26.2 Å². The number of carbonyl (C=O) groups is 1. The molecule has 2 spiro atoms. The first-order valence-corrected chi connectivity index (χ1v) is 11.4. The fourth-order valence-electron chi connectivity index (χ4n) is 6.91. The Morgan fingerprint density at radius 2 is 1.21 bits per heavy atom. The van der Waals surface area contributed by atoms with E-state index in [9.17, 15) is 4.79 Å². The van der Waals surface area contributed by atoms with Gasteiger partial charge in [0.15, 0.2) is 0 Å². The van der Waals surface area contributed by atoms with Crippen LogP contribution in [0.4, 0.5) is 4.79 Å². The van der Waals surface area contributed by atoms with Crippen molar-refractivity contribution < 1.29 is 24.3 Å². The maximum atomic E-state index is 12.7. The first kappa shape index (κ1) is 17.9. The molecule has 4 saturated carbocycles. The second-order valence-corrected chi connectivity index (χ2v) is 10.1. The van der Waals surface area contributed by atoms with Gasteiger partial charge in [0.2, 0.25) is 11.6 Å². The Morgan fingerprint density at radius 1 is 0.679 bits per heavy atom. The van der Waals surface area contributed by atoms with E-state index < -0.39 is 11.6 Å². The molecule has 28 heavy (non-hydrogen) atoms. The number of hydrogen-bond donors (Lipinski definition) is 0. The monoisotopic (exact) mass is 392 g/mol. The summed E-state index contributed by atoms with van der Waals surface area (Å²) in [7, 11) is 0. The lowest BCUT2D eigenvalue weighted by molar-refractivity contribution is -0.680. The zero-order chi connectivity index (χ0) is 18.8. The second kappa shape index (κ2) is 6.56. The Bertz CT molecular complexity index is 586. The van der Waals surface area contributed by atoms with Crippen LogP contribution >= 0.6 is 0 Å². The molecule has 0 unspecified atom stereocenters. The van der Waals surface area contributed by atoms with Crippen LogP contribution in [-0.2, 0) is 19.6 Å². The maximum Gasteiger partial charge on any atom is 0.320 e. The molecular formula is C21H32N2O5. The molecule has 7 heteroatoms. The third-order valence-corrected chi connectivity index (χ3v) is 8.35. The Morgan fingerprint density at radius 3 is 1.79 bits per heavy atom. The molecule has 0 radical (unpaired) electrons. The molecule has 0 aromatic heterocycles. The van der Waals surface area contributed by atoms with E-state index in [0.29, 0.717) is 37.8 Å². The van der Waals surface area contributed by atoms with Crippen LogP contribution in [0, 0.1) is 23.7 Å². The highest BCUT2D eigenvalue weighted by molar-refractivity contribution is 5.74. The van der Waals surface area contributed by atoms with E-state index in [0.717, 1.165) is 37.8 Å². The van der Waals surface area contributed by atoms with Crippen molar-refractivity contribution in [1.29, 1.82) is 0 Å². The highest BCUT2D eigenvalue weighted by atomic mass is 17.4. The summed E-state index contributed by atoms with van der Waals surface area (Å²) in [6.07, 6.45) is 10.7. The summed E-state index contributed by atoms with van der Waals surface area (Å²) in [5, 5.41) is 0. The summed E-state index contributed by atoms with van der Waals surface area (Å²) in [5.74, 6) is 0.891. The summed E-state index contributed by atoms with van der Waals surface area (Å²) >= 11 is 0. The van der Waals surface area contributed by atoms with Crippen LogP contribution in [0.5, 0.6) is 0 Å². The van der Waals surface area contributed by atoms with Crippen LogP contribution in [-0.4, -0.2) is 53.6 Å². The number of piperidine rings is 2. The van der Waals surface area contributed by atoms with Gasteiger partial charge in [0.25, 0.3) is 0 Å². The van der Waals surface area contributed by atoms with Gasteiger partial charge in [-0.1, -0.05) is 0 Å². The highest BCUT2D eigenvalue weighted by Crippen LogP contribution is 2.61. The van der Waals surface area contributed by atoms with Gasteiger partial charge < -0.3 is 9.80 Å². The van der Waals surface area contributed by atoms with Crippen molar-refractivity contribution in [3.63, 3.8) is 0 Å². The topological polar surface area (TPSA) is 60.5 Å². The highest BCUT2D eigenvalue weighted by Gasteiger charge is 2.64. The molecule has 7 nitrogen and oxygen atoms in total. The van der Waals surface area contributed by atoms with Crippen molar-refractivity contribution >= 4 is 6.03 Å². The van der Waals surface area contributed by atoms with E-state index >= 15 is 0 Å². The predicted molar refractivity (Wildman–Crippen MR) is 98.5 cm³/mol. The molecule has 4 bridgehead atoms. The fraction of sp³-hybridized carbons (Fsp3) is 0.952. The minimum Gasteiger partial charge on any atom is -0.325 e. The largest absolute Gasteiger partial charge is 0.325 e. The SMILES string of the molecule is O=C(N1CCCCC1)N1CCC2(CC1)OOC1(OO2)C2CC3CC(C2)CC1C3. The first-order chi connectivity index (χ1) is 13.7. The van der Waals surface area contributed by atoms with Crippen LogP contribution < -0.4 is 0 Å². The minimum atomic E-state index is -0.863. The van der Waals surface area contributed by atoms with Crippen molar-refractivity contribution in [1.82, 2.24) is 9.80 Å². The third-order valence-electron chi connectivity index (χ3n) is 8.35. The second-order valence-electron chi connectivity index (χ2n) is 10.1. The summed E-state index contributed by atoms with van der Waals surface area (Å²) in [6, 6.07) is 0.157. The van der Waals surface area contributed by atoms with Crippen LogP contribution in [0.2, 0.25) is 0 Å². The number of hydrogen-bond acceptors (Lipinski definition) is 5. The number of likely N-dealkylation sites (tertiary alicyclic amines) is 2. The molecule has 7 rings (SSSR count). The van der Waals surface area contributed by atoms with Gasteiger partial charge in [-0.25, -0.2) is 4.79 Å². The Hall–Kier alpha value is -0.890. The smallest absolute Gasteiger partial charge is 0.320 e. The van der Waals surface area contributed by atoms with E-state index in [2.05, 4.69) is 0 Å². The van der Waals surface area contributed by atoms with E-state index in [1.54, 1.807) is 0 Å². The van der Waals surface area contributed by atoms with Gasteiger partial charge >= 0.3 is 6.03 Å². The van der Waals surface area contributed by atoms with Crippen LogP contribution in [0.15, 0.2) is 0 Å². The molecular weight excluding hydrogens is 360 g/mol. The van der Waals surface area contributed by atoms with Crippen LogP contribution in [0.25, 0.3) is 0 Å². The molecule has 3 heterocycles. The number of carbonyl (C=O) groups excluding carboxylic acids is 1. The molecule has 4 aliphatic carbocycles. The average Bonchev–Trinajstić information content (AvgIpc) is 2.74. The molecule has 0 aromatic rings. The van der Waals surface area contributed by atoms with Gasteiger partial charge in [-0.2, -0.15) is 19.6 Å². The zero-order valence-corrected chi connectivity index (χ0v) is 16.6. The summed E-state index contributed by atoms with van der Waals surface area (Å²) in [5.41, 5.74) is 0. The van der Waals surface area contributed by atoms with Crippen molar-refractivity contribution in [3.8, 4) is 0 Å². The Labute approximate surface area is 166 Å². The lowest BCUT2D eigenvalue weighted by Gasteiger charge is -2.60. The molecule has 0 N–H and O–H groups in total. The van der Waals surface area contributed by atoms with Gasteiger partial charge in [-0.05, 0) is 63.2 Å². The molecule has 0 aromatic carbocycles. The molecule has 3 saturated heterocycles. The van der Waals surface area contributed by atoms with E-state index in [4.69, 9.17) is 19.6 Å². The quantitative estimate of drug-likeness (QED) is 0.591. The molecule has 7 fully saturated rings. The standard InChI is InChI=1S/C21H32N2O5/c24-19(22-6-2-1-3-7-22)23-8-4-20(5-9-23)25-27-21(28-26-20)17-11-15-10-16(13-17)14-18(21)12-15/h15-18H,1-14H2. The van der Waals surface area contributed by atoms with Crippen molar-refractivity contribution in [2.24, 2.45) is 23.7 Å². The van der Waals surface area contributed by atoms with Gasteiger partial charge in [0.05, 0.1) is 0 Å². The summed E-state index contributed by atoms with van der Waals surface area (Å²) < 4.78 is 0. The minimum absolute atomic E-state index is 0.157. The number of amides is 2. The molecule has 7 aliphatic rings. The van der Waals surface area contributed by atoms with Crippen LogP contribution in [0.1, 0.15) is 64.2 Å². The van der Waals surface area contributed by atoms with E-state index in [-0.39, 0.29) is 6.03 Å². The van der Waals surface area contributed by atoms with Crippen molar-refractivity contribution in [2.45, 2.75) is 75.8 Å². The normalized spacial score (nSPS) is 41.0. The maximum absolute atomic E-state index is 12.7. The predicted octanol–water partition coefficient (Wildman–Crippen LogP) is 3.45. The lowest BCUT2D eigenvalue weighted by Crippen LogP contribution is -2.65. The molecule has 3 aliphatic heterocycles. The van der Waals surface area contributed by atoms with E-state index in [1.165, 1.54) is 38.5 Å². The lowest BCUT2D eigenvalue weighted by atomic mass is 9.53. The van der Waals surface area contributed by atoms with Gasteiger partial charge in [-0.15, -0.1) is 0 Å². The zero-order valence-electron chi connectivity index (χ0n) is 16.6. The van der Waals surface area contributed by atoms with Gasteiger partial charge in [0.1, 0.15) is 0 Å². The van der Waals surface area contributed by atoms with Crippen LogP contribution in [0.3, 0.4) is 0 Å². The Balaban J connectivity index is 1.08. The average molecular weight is 392 g/mol. The molecule has 0 atom stereocenters.